The predicted molar refractivity (Wildman–Crippen MR) is 100 cm³/mol. The van der Waals surface area contributed by atoms with Crippen molar-refractivity contribution in [1.29, 1.82) is 0 Å². The number of nitrogens with one attached hydrogen (secondary N) is 2. The first-order chi connectivity index (χ1) is 11.1. The molecule has 5 nitrogen and oxygen atoms in total. The minimum Gasteiger partial charge on any atom is -0.396 e. The molecule has 6 heteroatoms. The molecule has 1 aliphatic heterocycles. The minimum atomic E-state index is 0.170. The molecule has 0 radical (unpaired) electrons. The standard InChI is InChI=1S/C17H27BrN4O/c1-3-19-17(20-10-13(2)12-23)21-15-8-9-22(11-15)16-6-4-14(18)5-7-16/h4-7,13,15,23H,3,8-12H2,1-2H3,(H2,19,20,21). The fourth-order valence-electron chi connectivity index (χ4n) is 2.58. The van der Waals surface area contributed by atoms with Crippen molar-refractivity contribution in [2.45, 2.75) is 26.3 Å². The highest BCUT2D eigenvalue weighted by Gasteiger charge is 2.23. The van der Waals surface area contributed by atoms with Crippen molar-refractivity contribution in [2.75, 3.05) is 37.7 Å². The van der Waals surface area contributed by atoms with Gasteiger partial charge in [-0.1, -0.05) is 22.9 Å². The maximum absolute atomic E-state index is 9.12. The van der Waals surface area contributed by atoms with Gasteiger partial charge in [-0.25, -0.2) is 0 Å². The molecule has 0 bridgehead atoms. The molecule has 0 spiro atoms. The Hall–Kier alpha value is -1.27. The molecule has 3 N–H and O–H groups in total. The summed E-state index contributed by atoms with van der Waals surface area (Å²) in [7, 11) is 0. The third-order valence-corrected chi connectivity index (χ3v) is 4.47. The van der Waals surface area contributed by atoms with Crippen LogP contribution in [-0.2, 0) is 0 Å². The van der Waals surface area contributed by atoms with Crippen molar-refractivity contribution in [2.24, 2.45) is 10.9 Å². The van der Waals surface area contributed by atoms with Gasteiger partial charge in [-0.2, -0.15) is 0 Å². The molecule has 0 amide bonds. The van der Waals surface area contributed by atoms with E-state index in [4.69, 9.17) is 5.11 Å². The van der Waals surface area contributed by atoms with E-state index < -0.39 is 0 Å². The van der Waals surface area contributed by atoms with Crippen LogP contribution in [0.25, 0.3) is 0 Å². The molecular weight excluding hydrogens is 356 g/mol. The molecule has 128 valence electrons. The van der Waals surface area contributed by atoms with Gasteiger partial charge in [0.1, 0.15) is 0 Å². The number of hydrogen-bond donors (Lipinski definition) is 3. The SMILES string of the molecule is CCNC(=NCC(C)CO)NC1CCN(c2ccc(Br)cc2)C1. The lowest BCUT2D eigenvalue weighted by Crippen LogP contribution is -2.44. The van der Waals surface area contributed by atoms with Crippen LogP contribution in [-0.4, -0.2) is 49.9 Å². The fourth-order valence-corrected chi connectivity index (χ4v) is 2.85. The topological polar surface area (TPSA) is 59.9 Å². The molecule has 2 rings (SSSR count). The van der Waals surface area contributed by atoms with Crippen molar-refractivity contribution < 1.29 is 5.11 Å². The maximum Gasteiger partial charge on any atom is 0.191 e. The van der Waals surface area contributed by atoms with Crippen molar-refractivity contribution in [3.63, 3.8) is 0 Å². The molecule has 2 atom stereocenters. The monoisotopic (exact) mass is 382 g/mol. The summed E-state index contributed by atoms with van der Waals surface area (Å²) in [6, 6.07) is 8.85. The van der Waals surface area contributed by atoms with Gasteiger partial charge >= 0.3 is 0 Å². The fraction of sp³-hybridized carbons (Fsp3) is 0.588. The lowest BCUT2D eigenvalue weighted by molar-refractivity contribution is 0.241. The number of benzene rings is 1. The average molecular weight is 383 g/mol. The molecule has 1 fully saturated rings. The molecule has 1 aromatic rings. The summed E-state index contributed by atoms with van der Waals surface area (Å²) >= 11 is 3.48. The number of aliphatic hydroxyl groups is 1. The van der Waals surface area contributed by atoms with Gasteiger partial charge in [0, 0.05) is 49.0 Å². The van der Waals surface area contributed by atoms with Crippen LogP contribution in [0.3, 0.4) is 0 Å². The zero-order valence-corrected chi connectivity index (χ0v) is 15.5. The first-order valence-corrected chi connectivity index (χ1v) is 9.08. The Labute approximate surface area is 147 Å². The highest BCUT2D eigenvalue weighted by molar-refractivity contribution is 9.10. The molecule has 1 saturated heterocycles. The number of rotatable bonds is 6. The lowest BCUT2D eigenvalue weighted by atomic mass is 10.2. The van der Waals surface area contributed by atoms with Gasteiger partial charge in [0.15, 0.2) is 5.96 Å². The largest absolute Gasteiger partial charge is 0.396 e. The zero-order chi connectivity index (χ0) is 16.7. The number of hydrogen-bond acceptors (Lipinski definition) is 3. The summed E-state index contributed by atoms with van der Waals surface area (Å²) in [5, 5.41) is 15.9. The van der Waals surface area contributed by atoms with Gasteiger partial charge in [0.05, 0.1) is 0 Å². The van der Waals surface area contributed by atoms with Gasteiger partial charge in [-0.15, -0.1) is 0 Å². The summed E-state index contributed by atoms with van der Waals surface area (Å²) in [5.41, 5.74) is 1.26. The Balaban J connectivity index is 1.90. The molecule has 0 aromatic heterocycles. The quantitative estimate of drug-likeness (QED) is 0.521. The maximum atomic E-state index is 9.12. The predicted octanol–water partition coefficient (Wildman–Crippen LogP) is 2.21. The van der Waals surface area contributed by atoms with E-state index in [0.29, 0.717) is 12.6 Å². The van der Waals surface area contributed by atoms with E-state index in [9.17, 15) is 0 Å². The highest BCUT2D eigenvalue weighted by atomic mass is 79.9. The van der Waals surface area contributed by atoms with Gasteiger partial charge < -0.3 is 20.6 Å². The van der Waals surface area contributed by atoms with Gasteiger partial charge in [0.25, 0.3) is 0 Å². The lowest BCUT2D eigenvalue weighted by Gasteiger charge is -2.20. The molecule has 1 heterocycles. The van der Waals surface area contributed by atoms with Crippen molar-refractivity contribution in [1.82, 2.24) is 10.6 Å². The molecular formula is C17H27BrN4O. The van der Waals surface area contributed by atoms with Crippen molar-refractivity contribution in [3.8, 4) is 0 Å². The van der Waals surface area contributed by atoms with Crippen molar-refractivity contribution >= 4 is 27.6 Å². The van der Waals surface area contributed by atoms with Gasteiger partial charge in [-0.3, -0.25) is 4.99 Å². The highest BCUT2D eigenvalue weighted by Crippen LogP contribution is 2.22. The van der Waals surface area contributed by atoms with Crippen LogP contribution >= 0.6 is 15.9 Å². The smallest absolute Gasteiger partial charge is 0.191 e. The number of anilines is 1. The Morgan fingerprint density at radius 1 is 1.43 bits per heavy atom. The van der Waals surface area contributed by atoms with Gasteiger partial charge in [-0.05, 0) is 43.5 Å². The molecule has 0 saturated carbocycles. The van der Waals surface area contributed by atoms with E-state index in [1.54, 1.807) is 0 Å². The molecule has 1 aromatic carbocycles. The molecule has 2 unspecified atom stereocenters. The first kappa shape index (κ1) is 18.1. The Bertz CT molecular complexity index is 506. The van der Waals surface area contributed by atoms with Crippen LogP contribution in [0.1, 0.15) is 20.3 Å². The second kappa shape index (κ2) is 9.13. The van der Waals surface area contributed by atoms with Crippen LogP contribution in [0.2, 0.25) is 0 Å². The van der Waals surface area contributed by atoms with Crippen LogP contribution < -0.4 is 15.5 Å². The second-order valence-corrected chi connectivity index (χ2v) is 6.98. The van der Waals surface area contributed by atoms with E-state index in [2.05, 4.69) is 67.6 Å². The summed E-state index contributed by atoms with van der Waals surface area (Å²) in [4.78, 5) is 6.96. The van der Waals surface area contributed by atoms with E-state index in [-0.39, 0.29) is 12.5 Å². The summed E-state index contributed by atoms with van der Waals surface area (Å²) in [5.74, 6) is 1.03. The van der Waals surface area contributed by atoms with Gasteiger partial charge in [0.2, 0.25) is 0 Å². The minimum absolute atomic E-state index is 0.170. The normalized spacial score (nSPS) is 19.7. The van der Waals surface area contributed by atoms with Crippen LogP contribution in [0.5, 0.6) is 0 Å². The average Bonchev–Trinajstić information content (AvgIpc) is 3.01. The third kappa shape index (κ3) is 5.70. The number of halogens is 1. The second-order valence-electron chi connectivity index (χ2n) is 6.06. The first-order valence-electron chi connectivity index (χ1n) is 8.28. The summed E-state index contributed by atoms with van der Waals surface area (Å²) < 4.78 is 1.11. The van der Waals surface area contributed by atoms with E-state index in [0.717, 1.165) is 36.5 Å². The van der Waals surface area contributed by atoms with E-state index in [1.807, 2.05) is 6.92 Å². The van der Waals surface area contributed by atoms with Crippen molar-refractivity contribution in [3.05, 3.63) is 28.7 Å². The summed E-state index contributed by atoms with van der Waals surface area (Å²) in [6.07, 6.45) is 1.09. The van der Waals surface area contributed by atoms with Crippen LogP contribution in [0.15, 0.2) is 33.7 Å². The van der Waals surface area contributed by atoms with E-state index >= 15 is 0 Å². The van der Waals surface area contributed by atoms with Crippen LogP contribution in [0.4, 0.5) is 5.69 Å². The third-order valence-electron chi connectivity index (χ3n) is 3.94. The number of aliphatic imine (C=N–C) groups is 1. The molecule has 0 aliphatic carbocycles. The number of aliphatic hydroxyl groups excluding tert-OH is 1. The van der Waals surface area contributed by atoms with Crippen LogP contribution in [0, 0.1) is 5.92 Å². The Kier molecular flexibility index (Phi) is 7.17. The number of guanidine groups is 1. The van der Waals surface area contributed by atoms with E-state index in [1.165, 1.54) is 5.69 Å². The number of nitrogens with zero attached hydrogens (tertiary/aromatic N) is 2. The Morgan fingerprint density at radius 3 is 2.83 bits per heavy atom. The summed E-state index contributed by atoms with van der Waals surface area (Å²) in [6.45, 7) is 7.72. The zero-order valence-electron chi connectivity index (χ0n) is 13.9. The molecule has 1 aliphatic rings. The Morgan fingerprint density at radius 2 is 2.17 bits per heavy atom. The molecule has 23 heavy (non-hydrogen) atoms.